The van der Waals surface area contributed by atoms with E-state index in [0.29, 0.717) is 6.54 Å². The fourth-order valence-corrected chi connectivity index (χ4v) is 3.92. The van der Waals surface area contributed by atoms with E-state index in [1.165, 1.54) is 23.1 Å². The Balaban J connectivity index is 1.46. The number of fused-ring (bicyclic) bond motifs is 1. The molecule has 26 heavy (non-hydrogen) atoms. The van der Waals surface area contributed by atoms with Crippen LogP contribution in [0.25, 0.3) is 0 Å². The molecule has 0 bridgehead atoms. The zero-order chi connectivity index (χ0) is 18.3. The van der Waals surface area contributed by atoms with Crippen LogP contribution in [0.5, 0.6) is 0 Å². The van der Waals surface area contributed by atoms with E-state index in [9.17, 15) is 9.59 Å². The lowest BCUT2D eigenvalue weighted by Crippen LogP contribution is -2.28. The Morgan fingerprint density at radius 3 is 2.65 bits per heavy atom. The molecule has 1 saturated heterocycles. The minimum atomic E-state index is -0.308. The highest BCUT2D eigenvalue weighted by atomic mass is 16.2. The summed E-state index contributed by atoms with van der Waals surface area (Å²) in [5.41, 5.74) is 6.80. The lowest BCUT2D eigenvalue weighted by Gasteiger charge is -2.18. The summed E-state index contributed by atoms with van der Waals surface area (Å²) < 4.78 is 0. The van der Waals surface area contributed by atoms with Crippen LogP contribution in [-0.4, -0.2) is 18.4 Å². The van der Waals surface area contributed by atoms with Crippen LogP contribution in [0.2, 0.25) is 0 Å². The van der Waals surface area contributed by atoms with E-state index in [-0.39, 0.29) is 24.2 Å². The molecule has 2 aromatic rings. The van der Waals surface area contributed by atoms with E-state index in [1.54, 1.807) is 4.90 Å². The Bertz CT molecular complexity index is 888. The number of benzene rings is 2. The third-order valence-corrected chi connectivity index (χ3v) is 5.66. The lowest BCUT2D eigenvalue weighted by molar-refractivity contribution is -0.122. The molecule has 4 rings (SSSR count). The third kappa shape index (κ3) is 3.12. The Morgan fingerprint density at radius 1 is 1.04 bits per heavy atom. The fraction of sp³-hybridized carbons (Fsp3) is 0.364. The van der Waals surface area contributed by atoms with Crippen LogP contribution in [0.15, 0.2) is 36.4 Å². The minimum absolute atomic E-state index is 0.0161. The minimum Gasteiger partial charge on any atom is -0.326 e. The lowest BCUT2D eigenvalue weighted by atomic mass is 10.1. The molecular formula is C22H24N2O2. The first-order chi connectivity index (χ1) is 12.5. The second-order valence-electron chi connectivity index (χ2n) is 7.50. The molecule has 2 aromatic carbocycles. The third-order valence-electron chi connectivity index (χ3n) is 5.66. The van der Waals surface area contributed by atoms with Gasteiger partial charge in [0.25, 0.3) is 0 Å². The van der Waals surface area contributed by atoms with Crippen LogP contribution in [-0.2, 0) is 22.4 Å². The first kappa shape index (κ1) is 16.8. The van der Waals surface area contributed by atoms with Crippen LogP contribution < -0.4 is 10.2 Å². The smallest absolute Gasteiger partial charge is 0.229 e. The Morgan fingerprint density at radius 2 is 1.85 bits per heavy atom. The van der Waals surface area contributed by atoms with Crippen molar-refractivity contribution in [3.63, 3.8) is 0 Å². The van der Waals surface area contributed by atoms with E-state index in [2.05, 4.69) is 24.4 Å². The van der Waals surface area contributed by atoms with Gasteiger partial charge in [0.15, 0.2) is 0 Å². The Labute approximate surface area is 154 Å². The first-order valence-electron chi connectivity index (χ1n) is 9.31. The summed E-state index contributed by atoms with van der Waals surface area (Å²) in [7, 11) is 0. The second-order valence-corrected chi connectivity index (χ2v) is 7.50. The highest BCUT2D eigenvalue weighted by Crippen LogP contribution is 2.29. The molecule has 1 heterocycles. The number of nitrogens with one attached hydrogen (secondary N) is 1. The summed E-state index contributed by atoms with van der Waals surface area (Å²) >= 11 is 0. The van der Waals surface area contributed by atoms with E-state index >= 15 is 0 Å². The van der Waals surface area contributed by atoms with Gasteiger partial charge in [0.05, 0.1) is 5.92 Å². The van der Waals surface area contributed by atoms with Crippen molar-refractivity contribution in [1.82, 2.24) is 0 Å². The summed E-state index contributed by atoms with van der Waals surface area (Å²) in [5.74, 6) is -0.359. The van der Waals surface area contributed by atoms with E-state index in [1.807, 2.05) is 31.2 Å². The quantitative estimate of drug-likeness (QED) is 0.917. The SMILES string of the molecule is Cc1ccc(N2CC(C(=O)Nc3ccc4c(c3)CCC4)CC2=O)cc1C. The van der Waals surface area contributed by atoms with Gasteiger partial charge < -0.3 is 10.2 Å². The average molecular weight is 348 g/mol. The molecule has 2 aliphatic rings. The van der Waals surface area contributed by atoms with Crippen LogP contribution in [0.1, 0.15) is 35.1 Å². The molecule has 4 nitrogen and oxygen atoms in total. The van der Waals surface area contributed by atoms with Crippen molar-refractivity contribution in [3.05, 3.63) is 58.7 Å². The van der Waals surface area contributed by atoms with Gasteiger partial charge in [-0.2, -0.15) is 0 Å². The Hall–Kier alpha value is -2.62. The highest BCUT2D eigenvalue weighted by molar-refractivity contribution is 6.03. The van der Waals surface area contributed by atoms with Crippen molar-refractivity contribution < 1.29 is 9.59 Å². The van der Waals surface area contributed by atoms with Crippen LogP contribution in [0.4, 0.5) is 11.4 Å². The maximum atomic E-state index is 12.7. The van der Waals surface area contributed by atoms with Crippen molar-refractivity contribution in [2.75, 3.05) is 16.8 Å². The zero-order valence-electron chi connectivity index (χ0n) is 15.3. The van der Waals surface area contributed by atoms with E-state index < -0.39 is 0 Å². The second kappa shape index (κ2) is 6.60. The maximum absolute atomic E-state index is 12.7. The molecule has 1 atom stereocenters. The fourth-order valence-electron chi connectivity index (χ4n) is 3.92. The van der Waals surface area contributed by atoms with Gasteiger partial charge in [-0.25, -0.2) is 0 Å². The Kier molecular flexibility index (Phi) is 4.27. The number of hydrogen-bond acceptors (Lipinski definition) is 2. The molecule has 1 N–H and O–H groups in total. The van der Waals surface area contributed by atoms with Crippen molar-refractivity contribution in [2.45, 2.75) is 39.5 Å². The number of aryl methyl sites for hydroxylation is 4. The number of nitrogens with zero attached hydrogens (tertiary/aromatic N) is 1. The molecule has 1 aliphatic carbocycles. The molecule has 1 fully saturated rings. The molecule has 1 aliphatic heterocycles. The molecule has 4 heteroatoms. The topological polar surface area (TPSA) is 49.4 Å². The zero-order valence-corrected chi connectivity index (χ0v) is 15.3. The average Bonchev–Trinajstić information content (AvgIpc) is 3.23. The van der Waals surface area contributed by atoms with Gasteiger partial charge in [-0.1, -0.05) is 12.1 Å². The van der Waals surface area contributed by atoms with Gasteiger partial charge in [-0.15, -0.1) is 0 Å². The number of hydrogen-bond donors (Lipinski definition) is 1. The van der Waals surface area contributed by atoms with Crippen molar-refractivity contribution in [2.24, 2.45) is 5.92 Å². The monoisotopic (exact) mass is 348 g/mol. The predicted molar refractivity (Wildman–Crippen MR) is 103 cm³/mol. The maximum Gasteiger partial charge on any atom is 0.229 e. The summed E-state index contributed by atoms with van der Waals surface area (Å²) in [6.45, 7) is 4.54. The molecule has 134 valence electrons. The molecule has 0 radical (unpaired) electrons. The number of amides is 2. The number of rotatable bonds is 3. The predicted octanol–water partition coefficient (Wildman–Crippen LogP) is 3.78. The molecule has 0 aromatic heterocycles. The molecule has 2 amide bonds. The van der Waals surface area contributed by atoms with Crippen LogP contribution in [0, 0.1) is 19.8 Å². The van der Waals surface area contributed by atoms with Gasteiger partial charge in [-0.3, -0.25) is 9.59 Å². The number of carbonyl (C=O) groups excluding carboxylic acids is 2. The van der Waals surface area contributed by atoms with Gasteiger partial charge in [-0.05, 0) is 79.6 Å². The van der Waals surface area contributed by atoms with Gasteiger partial charge >= 0.3 is 0 Å². The van der Waals surface area contributed by atoms with E-state index in [4.69, 9.17) is 0 Å². The van der Waals surface area contributed by atoms with Crippen molar-refractivity contribution in [3.8, 4) is 0 Å². The van der Waals surface area contributed by atoms with Gasteiger partial charge in [0, 0.05) is 24.3 Å². The summed E-state index contributed by atoms with van der Waals surface area (Å²) in [6.07, 6.45) is 3.67. The molecule has 0 spiro atoms. The highest BCUT2D eigenvalue weighted by Gasteiger charge is 2.35. The van der Waals surface area contributed by atoms with Crippen molar-refractivity contribution in [1.29, 1.82) is 0 Å². The van der Waals surface area contributed by atoms with Crippen molar-refractivity contribution >= 4 is 23.2 Å². The summed E-state index contributed by atoms with van der Waals surface area (Å²) in [4.78, 5) is 26.8. The van der Waals surface area contributed by atoms with E-state index in [0.717, 1.165) is 29.8 Å². The standard InChI is InChI=1S/C22H24N2O2/c1-14-6-9-20(10-15(14)2)24-13-18(12-21(24)25)22(26)23-19-8-7-16-4-3-5-17(16)11-19/h6-11,18H,3-5,12-13H2,1-2H3,(H,23,26). The normalized spacial score (nSPS) is 18.9. The van der Waals surface area contributed by atoms with Gasteiger partial charge in [0.2, 0.25) is 11.8 Å². The summed E-state index contributed by atoms with van der Waals surface area (Å²) in [6, 6.07) is 12.2. The van der Waals surface area contributed by atoms with Crippen LogP contribution >= 0.6 is 0 Å². The van der Waals surface area contributed by atoms with Crippen LogP contribution in [0.3, 0.4) is 0 Å². The van der Waals surface area contributed by atoms with Gasteiger partial charge in [0.1, 0.15) is 0 Å². The largest absolute Gasteiger partial charge is 0.326 e. The number of carbonyl (C=O) groups is 2. The first-order valence-corrected chi connectivity index (χ1v) is 9.31. The number of anilines is 2. The molecule has 1 unspecified atom stereocenters. The summed E-state index contributed by atoms with van der Waals surface area (Å²) in [5, 5.41) is 3.01. The molecule has 0 saturated carbocycles. The molecular weight excluding hydrogens is 324 g/mol.